The minimum atomic E-state index is -0.444. The van der Waals surface area contributed by atoms with Crippen LogP contribution in [0.25, 0.3) is 0 Å². The van der Waals surface area contributed by atoms with E-state index in [1.165, 1.54) is 7.11 Å². The fourth-order valence-electron chi connectivity index (χ4n) is 1.69. The van der Waals surface area contributed by atoms with Crippen LogP contribution in [0.3, 0.4) is 0 Å². The van der Waals surface area contributed by atoms with E-state index in [4.69, 9.17) is 4.74 Å². The van der Waals surface area contributed by atoms with Crippen molar-refractivity contribution < 1.29 is 14.3 Å². The number of hydrogen-bond donors (Lipinski definition) is 1. The molecule has 1 amide bonds. The number of hydrogen-bond acceptors (Lipinski definition) is 4. The average molecular weight is 282 g/mol. The van der Waals surface area contributed by atoms with Crippen molar-refractivity contribution in [2.45, 2.75) is 39.7 Å². The van der Waals surface area contributed by atoms with E-state index in [0.29, 0.717) is 6.61 Å². The summed E-state index contributed by atoms with van der Waals surface area (Å²) in [5, 5.41) is 2.79. The first-order valence-corrected chi connectivity index (χ1v) is 6.94. The van der Waals surface area contributed by atoms with Gasteiger partial charge in [-0.3, -0.25) is 4.98 Å². The summed E-state index contributed by atoms with van der Waals surface area (Å²) in [5.74, 6) is 0. The Kier molecular flexibility index (Phi) is 10.3. The Morgan fingerprint density at radius 2 is 2.05 bits per heavy atom. The summed E-state index contributed by atoms with van der Waals surface area (Å²) < 4.78 is 9.65. The Balaban J connectivity index is 0.00000172. The van der Waals surface area contributed by atoms with E-state index < -0.39 is 6.09 Å². The lowest BCUT2D eigenvalue weighted by molar-refractivity contribution is 0.161. The number of methoxy groups -OCH3 is 2. The van der Waals surface area contributed by atoms with Crippen molar-refractivity contribution in [2.24, 2.45) is 0 Å². The molecule has 0 spiro atoms. The van der Waals surface area contributed by atoms with Gasteiger partial charge in [0.25, 0.3) is 0 Å². The highest BCUT2D eigenvalue weighted by molar-refractivity contribution is 5.67. The van der Waals surface area contributed by atoms with Crippen LogP contribution in [-0.2, 0) is 9.47 Å². The summed E-state index contributed by atoms with van der Waals surface area (Å²) in [6.45, 7) is 6.58. The maximum atomic E-state index is 11.3. The first kappa shape index (κ1) is 18.4. The quantitative estimate of drug-likeness (QED) is 0.814. The molecule has 0 aromatic carbocycles. The van der Waals surface area contributed by atoms with Crippen LogP contribution < -0.4 is 5.32 Å². The van der Waals surface area contributed by atoms with Crippen molar-refractivity contribution in [1.29, 1.82) is 0 Å². The Bertz CT molecular complexity index is 383. The van der Waals surface area contributed by atoms with E-state index in [-0.39, 0.29) is 6.04 Å². The lowest BCUT2D eigenvalue weighted by atomic mass is 10.1. The standard InChI is InChI=1S/C13H20N2O3.C2H6/c1-10-6-4-7-11(14-10)12(8-5-9-17-2)15-13(16)18-3;1-2/h4,6-7,12H,5,8-9H2,1-3H3,(H,15,16);1-2H3/t12-;/m0./s1. The van der Waals surface area contributed by atoms with E-state index in [2.05, 4.69) is 15.0 Å². The number of aryl methyl sites for hydroxylation is 1. The Morgan fingerprint density at radius 1 is 1.35 bits per heavy atom. The van der Waals surface area contributed by atoms with Gasteiger partial charge in [0.2, 0.25) is 0 Å². The van der Waals surface area contributed by atoms with Crippen LogP contribution in [0.5, 0.6) is 0 Å². The number of carbonyl (C=O) groups excluding carboxylic acids is 1. The molecule has 20 heavy (non-hydrogen) atoms. The maximum Gasteiger partial charge on any atom is 0.407 e. The molecule has 1 heterocycles. The van der Waals surface area contributed by atoms with Gasteiger partial charge in [0.05, 0.1) is 18.8 Å². The zero-order valence-corrected chi connectivity index (χ0v) is 13.1. The summed E-state index contributed by atoms with van der Waals surface area (Å²) in [7, 11) is 3.01. The Labute approximate surface area is 121 Å². The summed E-state index contributed by atoms with van der Waals surface area (Å²) in [5.41, 5.74) is 1.77. The normalized spacial score (nSPS) is 11.1. The first-order valence-electron chi connectivity index (χ1n) is 6.94. The number of carbonyl (C=O) groups is 1. The molecule has 0 aliphatic heterocycles. The van der Waals surface area contributed by atoms with Gasteiger partial charge in [-0.25, -0.2) is 4.79 Å². The second-order valence-electron chi connectivity index (χ2n) is 4.03. The van der Waals surface area contributed by atoms with Gasteiger partial charge >= 0.3 is 6.09 Å². The monoisotopic (exact) mass is 282 g/mol. The van der Waals surface area contributed by atoms with Gasteiger partial charge in [-0.2, -0.15) is 0 Å². The Hall–Kier alpha value is -1.62. The van der Waals surface area contributed by atoms with Gasteiger partial charge in [0.1, 0.15) is 0 Å². The molecule has 5 heteroatoms. The summed E-state index contributed by atoms with van der Waals surface area (Å²) in [6, 6.07) is 5.61. The molecule has 1 N–H and O–H groups in total. The van der Waals surface area contributed by atoms with E-state index in [1.54, 1.807) is 7.11 Å². The molecule has 0 bridgehead atoms. The maximum absolute atomic E-state index is 11.3. The smallest absolute Gasteiger partial charge is 0.407 e. The zero-order valence-electron chi connectivity index (χ0n) is 13.1. The second-order valence-corrected chi connectivity index (χ2v) is 4.03. The molecule has 0 unspecified atom stereocenters. The number of ether oxygens (including phenoxy) is 2. The molecule has 5 nitrogen and oxygen atoms in total. The number of nitrogens with one attached hydrogen (secondary N) is 1. The third kappa shape index (κ3) is 7.09. The third-order valence-electron chi connectivity index (χ3n) is 2.59. The molecule has 0 fully saturated rings. The van der Waals surface area contributed by atoms with E-state index in [9.17, 15) is 4.79 Å². The van der Waals surface area contributed by atoms with Crippen molar-refractivity contribution in [1.82, 2.24) is 10.3 Å². The molecule has 0 saturated heterocycles. The predicted molar refractivity (Wildman–Crippen MR) is 79.7 cm³/mol. The van der Waals surface area contributed by atoms with Gasteiger partial charge < -0.3 is 14.8 Å². The number of alkyl carbamates (subject to hydrolysis) is 1. The van der Waals surface area contributed by atoms with Crippen LogP contribution in [0.15, 0.2) is 18.2 Å². The minimum absolute atomic E-state index is 0.146. The molecule has 0 aliphatic carbocycles. The fourth-order valence-corrected chi connectivity index (χ4v) is 1.69. The van der Waals surface area contributed by atoms with Crippen LogP contribution >= 0.6 is 0 Å². The number of pyridine rings is 1. The molecule has 1 rings (SSSR count). The highest BCUT2D eigenvalue weighted by Crippen LogP contribution is 2.17. The van der Waals surface area contributed by atoms with Gasteiger partial charge in [-0.15, -0.1) is 0 Å². The van der Waals surface area contributed by atoms with Crippen molar-refractivity contribution in [3.8, 4) is 0 Å². The largest absolute Gasteiger partial charge is 0.453 e. The summed E-state index contributed by atoms with van der Waals surface area (Å²) >= 11 is 0. The second kappa shape index (κ2) is 11.2. The van der Waals surface area contributed by atoms with Crippen molar-refractivity contribution >= 4 is 6.09 Å². The topological polar surface area (TPSA) is 60.5 Å². The molecule has 0 aliphatic rings. The van der Waals surface area contributed by atoms with E-state index >= 15 is 0 Å². The molecule has 1 aromatic rings. The molecular weight excluding hydrogens is 256 g/mol. The van der Waals surface area contributed by atoms with Crippen LogP contribution in [-0.4, -0.2) is 31.9 Å². The van der Waals surface area contributed by atoms with Crippen LogP contribution in [0, 0.1) is 6.92 Å². The summed E-state index contributed by atoms with van der Waals surface area (Å²) in [6.07, 6.45) is 1.17. The van der Waals surface area contributed by atoms with Crippen molar-refractivity contribution in [3.63, 3.8) is 0 Å². The van der Waals surface area contributed by atoms with Gasteiger partial charge in [-0.05, 0) is 31.9 Å². The van der Waals surface area contributed by atoms with Gasteiger partial charge in [0.15, 0.2) is 0 Å². The first-order chi connectivity index (χ1) is 9.67. The molecule has 114 valence electrons. The zero-order chi connectivity index (χ0) is 15.4. The third-order valence-corrected chi connectivity index (χ3v) is 2.59. The highest BCUT2D eigenvalue weighted by atomic mass is 16.5. The van der Waals surface area contributed by atoms with Gasteiger partial charge in [-0.1, -0.05) is 19.9 Å². The number of amides is 1. The number of nitrogens with zero attached hydrogens (tertiary/aromatic N) is 1. The number of rotatable bonds is 6. The van der Waals surface area contributed by atoms with Crippen LogP contribution in [0.2, 0.25) is 0 Å². The van der Waals surface area contributed by atoms with E-state index in [1.807, 2.05) is 39.0 Å². The molecule has 0 saturated carbocycles. The van der Waals surface area contributed by atoms with Gasteiger partial charge in [0, 0.05) is 19.4 Å². The van der Waals surface area contributed by atoms with E-state index in [0.717, 1.165) is 24.2 Å². The molecule has 1 aromatic heterocycles. The summed E-state index contributed by atoms with van der Waals surface area (Å²) in [4.78, 5) is 15.7. The van der Waals surface area contributed by atoms with Crippen LogP contribution in [0.4, 0.5) is 4.79 Å². The molecular formula is C15H26N2O3. The molecule has 0 radical (unpaired) electrons. The predicted octanol–water partition coefficient (Wildman–Crippen LogP) is 3.24. The lowest BCUT2D eigenvalue weighted by Gasteiger charge is -2.17. The SMILES string of the molecule is CC.COCCC[C@H](NC(=O)OC)c1cccc(C)n1. The number of aromatic nitrogens is 1. The average Bonchev–Trinajstić information content (AvgIpc) is 2.48. The Morgan fingerprint density at radius 3 is 2.60 bits per heavy atom. The molecule has 1 atom stereocenters. The van der Waals surface area contributed by atoms with Crippen LogP contribution in [0.1, 0.15) is 44.1 Å². The van der Waals surface area contributed by atoms with Crippen molar-refractivity contribution in [3.05, 3.63) is 29.6 Å². The highest BCUT2D eigenvalue weighted by Gasteiger charge is 2.15. The minimum Gasteiger partial charge on any atom is -0.453 e. The van der Waals surface area contributed by atoms with Crippen molar-refractivity contribution in [2.75, 3.05) is 20.8 Å². The lowest BCUT2D eigenvalue weighted by Crippen LogP contribution is -2.29. The fraction of sp³-hybridized carbons (Fsp3) is 0.600.